The first-order valence-electron chi connectivity index (χ1n) is 17.6. The number of methoxy groups -OCH3 is 1. The summed E-state index contributed by atoms with van der Waals surface area (Å²) >= 11 is 7.22. The SMILES string of the molecule is CC.COc1nc(-c2cccc(-c3cccc(Nc4nccc5c4c(=O)n(C)c(=O)n5C)c3C)c2Cl)cc2c1C(N(C)CCC1CNC(=O)N1)CC2. The van der Waals surface area contributed by atoms with Gasteiger partial charge in [-0.25, -0.2) is 19.6 Å². The minimum Gasteiger partial charge on any atom is -0.481 e. The first-order chi connectivity index (χ1) is 25.1. The van der Waals surface area contributed by atoms with Crippen molar-refractivity contribution in [2.24, 2.45) is 14.1 Å². The van der Waals surface area contributed by atoms with Crippen LogP contribution in [0.15, 0.2) is 64.3 Å². The van der Waals surface area contributed by atoms with E-state index >= 15 is 0 Å². The molecular formula is C39H45ClN8O4. The fourth-order valence-electron chi connectivity index (χ4n) is 7.26. The second-order valence-corrected chi connectivity index (χ2v) is 13.4. The highest BCUT2D eigenvalue weighted by Gasteiger charge is 2.32. The van der Waals surface area contributed by atoms with Crippen LogP contribution in [0.3, 0.4) is 0 Å². The van der Waals surface area contributed by atoms with Crippen LogP contribution in [-0.2, 0) is 20.5 Å². The van der Waals surface area contributed by atoms with Crippen molar-refractivity contribution in [2.45, 2.75) is 52.1 Å². The molecule has 3 aromatic heterocycles. The Kier molecular flexibility index (Phi) is 10.7. The van der Waals surface area contributed by atoms with Crippen LogP contribution in [0.2, 0.25) is 5.02 Å². The maximum Gasteiger partial charge on any atom is 0.330 e. The van der Waals surface area contributed by atoms with Crippen LogP contribution in [0.25, 0.3) is 33.3 Å². The largest absolute Gasteiger partial charge is 0.481 e. The van der Waals surface area contributed by atoms with Crippen LogP contribution in [0.4, 0.5) is 16.3 Å². The van der Waals surface area contributed by atoms with Gasteiger partial charge >= 0.3 is 11.7 Å². The molecule has 1 fully saturated rings. The van der Waals surface area contributed by atoms with Gasteiger partial charge in [-0.1, -0.05) is 55.8 Å². The number of amides is 2. The Bertz CT molecular complexity index is 2280. The number of rotatable bonds is 9. The number of anilines is 2. The first kappa shape index (κ1) is 36.6. The maximum atomic E-state index is 13.2. The molecule has 2 atom stereocenters. The summed E-state index contributed by atoms with van der Waals surface area (Å²) in [6.45, 7) is 7.47. The zero-order valence-corrected chi connectivity index (χ0v) is 31.4. The van der Waals surface area contributed by atoms with Crippen LogP contribution in [0.1, 0.15) is 49.4 Å². The standard InChI is InChI=1S/C37H39ClN8O4.C2H6/c1-20-23(8-7-11-26(20)42-33-31-29(14-16-39-33)45(3)37(49)46(4)35(31)47)24-9-6-10-25(32(24)38)27-18-21-12-13-28(30(21)34(43-27)50-5)44(2)17-15-22-19-40-36(48)41-22;1-2/h6-11,14,16,18,22,28H,12-13,15,17,19H2,1-5H3,(H,39,42)(H2,40,41,48);1-2H3. The van der Waals surface area contributed by atoms with E-state index in [1.165, 1.54) is 17.2 Å². The van der Waals surface area contributed by atoms with Crippen LogP contribution < -0.4 is 31.9 Å². The van der Waals surface area contributed by atoms with E-state index < -0.39 is 11.2 Å². The fourth-order valence-corrected chi connectivity index (χ4v) is 7.58. The number of hydrogen-bond donors (Lipinski definition) is 3. The molecule has 0 bridgehead atoms. The molecule has 1 aliphatic heterocycles. The fraction of sp³-hybridized carbons (Fsp3) is 0.359. The summed E-state index contributed by atoms with van der Waals surface area (Å²) in [6.07, 6.45) is 4.27. The molecule has 2 aliphatic rings. The van der Waals surface area contributed by atoms with Gasteiger partial charge in [0.15, 0.2) is 0 Å². The zero-order valence-electron chi connectivity index (χ0n) is 30.6. The number of ether oxygens (including phenoxy) is 1. The number of aryl methyl sites for hydroxylation is 2. The minimum atomic E-state index is -0.421. The molecule has 1 saturated heterocycles. The number of hydrogen-bond acceptors (Lipinski definition) is 8. The first-order valence-corrected chi connectivity index (χ1v) is 18.0. The van der Waals surface area contributed by atoms with E-state index in [4.69, 9.17) is 21.3 Å². The third-order valence-electron chi connectivity index (χ3n) is 10.1. The van der Waals surface area contributed by atoms with Crippen molar-refractivity contribution in [3.05, 3.63) is 97.3 Å². The normalized spacial score (nSPS) is 16.3. The molecule has 2 amide bonds. The lowest BCUT2D eigenvalue weighted by Gasteiger charge is -2.27. The number of nitrogens with one attached hydrogen (secondary N) is 3. The Morgan fingerprint density at radius 2 is 1.77 bits per heavy atom. The quantitative estimate of drug-likeness (QED) is 0.166. The Hall–Kier alpha value is -5.20. The second-order valence-electron chi connectivity index (χ2n) is 13.0. The highest BCUT2D eigenvalue weighted by atomic mass is 35.5. The van der Waals surface area contributed by atoms with E-state index in [1.807, 2.05) is 57.2 Å². The van der Waals surface area contributed by atoms with Gasteiger partial charge in [-0.3, -0.25) is 18.8 Å². The molecule has 3 N–H and O–H groups in total. The van der Waals surface area contributed by atoms with E-state index in [0.29, 0.717) is 34.2 Å². The van der Waals surface area contributed by atoms with Gasteiger partial charge in [0.1, 0.15) is 11.2 Å². The van der Waals surface area contributed by atoms with Crippen molar-refractivity contribution in [3.8, 4) is 28.3 Å². The minimum absolute atomic E-state index is 0.106. The molecule has 2 aromatic carbocycles. The second kappa shape index (κ2) is 15.2. The molecule has 1 aliphatic carbocycles. The number of carbonyl (C=O) groups excluding carboxylic acids is 1. The zero-order chi connectivity index (χ0) is 37.3. The van der Waals surface area contributed by atoms with Gasteiger partial charge in [-0.15, -0.1) is 0 Å². The molecule has 12 nitrogen and oxygen atoms in total. The molecule has 0 saturated carbocycles. The summed E-state index contributed by atoms with van der Waals surface area (Å²) in [6, 6.07) is 15.8. The summed E-state index contributed by atoms with van der Waals surface area (Å²) in [7, 11) is 6.86. The van der Waals surface area contributed by atoms with E-state index in [9.17, 15) is 14.4 Å². The van der Waals surface area contributed by atoms with Crippen molar-refractivity contribution in [1.82, 2.24) is 34.6 Å². The lowest BCUT2D eigenvalue weighted by molar-refractivity contribution is 0.227. The van der Waals surface area contributed by atoms with E-state index in [2.05, 4.69) is 38.9 Å². The molecular weight excluding hydrogens is 680 g/mol. The third-order valence-corrected chi connectivity index (χ3v) is 10.5. The molecule has 13 heteroatoms. The number of benzene rings is 2. The van der Waals surface area contributed by atoms with Gasteiger partial charge < -0.3 is 20.7 Å². The average Bonchev–Trinajstić information content (AvgIpc) is 3.79. The van der Waals surface area contributed by atoms with Gasteiger partial charge in [-0.2, -0.15) is 0 Å². The number of aromatic nitrogens is 4. The van der Waals surface area contributed by atoms with Crippen molar-refractivity contribution in [3.63, 3.8) is 0 Å². The van der Waals surface area contributed by atoms with Gasteiger partial charge in [0, 0.05) is 67.8 Å². The van der Waals surface area contributed by atoms with Crippen molar-refractivity contribution in [1.29, 1.82) is 0 Å². The summed E-state index contributed by atoms with van der Waals surface area (Å²) in [5.74, 6) is 0.956. The average molecular weight is 725 g/mol. The predicted molar refractivity (Wildman–Crippen MR) is 207 cm³/mol. The van der Waals surface area contributed by atoms with Crippen LogP contribution >= 0.6 is 11.6 Å². The molecule has 272 valence electrons. The lowest BCUT2D eigenvalue weighted by Crippen LogP contribution is -2.37. The van der Waals surface area contributed by atoms with Crippen molar-refractivity contribution < 1.29 is 9.53 Å². The van der Waals surface area contributed by atoms with Gasteiger partial charge in [0.2, 0.25) is 5.88 Å². The number of carbonyl (C=O) groups is 1. The molecule has 7 rings (SSSR count). The Morgan fingerprint density at radius 1 is 1.04 bits per heavy atom. The van der Waals surface area contributed by atoms with Gasteiger partial charge in [0.25, 0.3) is 5.56 Å². The summed E-state index contributed by atoms with van der Waals surface area (Å²) in [4.78, 5) is 49.1. The van der Waals surface area contributed by atoms with E-state index in [1.54, 1.807) is 26.4 Å². The van der Waals surface area contributed by atoms with Crippen LogP contribution in [0.5, 0.6) is 5.88 Å². The number of nitrogens with zero attached hydrogens (tertiary/aromatic N) is 5. The van der Waals surface area contributed by atoms with Crippen LogP contribution in [-0.4, -0.2) is 63.3 Å². The van der Waals surface area contributed by atoms with E-state index in [0.717, 1.165) is 69.6 Å². The maximum absolute atomic E-state index is 13.2. The van der Waals surface area contributed by atoms with Gasteiger partial charge in [-0.05, 0) is 68.1 Å². The lowest BCUT2D eigenvalue weighted by atomic mass is 9.96. The summed E-state index contributed by atoms with van der Waals surface area (Å²) < 4.78 is 8.42. The predicted octanol–water partition coefficient (Wildman–Crippen LogP) is 6.09. The third kappa shape index (κ3) is 6.64. The molecule has 5 aromatic rings. The number of pyridine rings is 2. The smallest absolute Gasteiger partial charge is 0.330 e. The van der Waals surface area contributed by atoms with Gasteiger partial charge in [0.05, 0.1) is 23.3 Å². The monoisotopic (exact) mass is 724 g/mol. The number of fused-ring (bicyclic) bond motifs is 2. The van der Waals surface area contributed by atoms with Crippen molar-refractivity contribution in [2.75, 3.05) is 32.6 Å². The van der Waals surface area contributed by atoms with Crippen molar-refractivity contribution >= 4 is 40.0 Å². The Morgan fingerprint density at radius 3 is 2.50 bits per heavy atom. The Labute approximate surface area is 307 Å². The molecule has 4 heterocycles. The molecule has 0 radical (unpaired) electrons. The number of halogens is 1. The topological polar surface area (TPSA) is 135 Å². The molecule has 52 heavy (non-hydrogen) atoms. The summed E-state index contributed by atoms with van der Waals surface area (Å²) in [5, 5.41) is 10.0. The Balaban J connectivity index is 0.00000228. The summed E-state index contributed by atoms with van der Waals surface area (Å²) in [5.41, 5.74) is 6.90. The van der Waals surface area contributed by atoms with E-state index in [-0.39, 0.29) is 18.1 Å². The molecule has 0 spiro atoms. The molecule has 2 unspecified atom stereocenters. The highest BCUT2D eigenvalue weighted by molar-refractivity contribution is 6.36. The van der Waals surface area contributed by atoms with Crippen LogP contribution in [0, 0.1) is 6.92 Å². The highest BCUT2D eigenvalue weighted by Crippen LogP contribution is 2.44. The number of urea groups is 1.